The van der Waals surface area contributed by atoms with Crippen molar-refractivity contribution in [2.24, 2.45) is 0 Å². The Hall–Kier alpha value is -0.870. The molecule has 4 heteroatoms. The number of hydrogen-bond acceptors (Lipinski definition) is 3. The summed E-state index contributed by atoms with van der Waals surface area (Å²) in [5.41, 5.74) is 2.38. The maximum absolute atomic E-state index is 11.0. The van der Waals surface area contributed by atoms with Crippen molar-refractivity contribution in [1.82, 2.24) is 0 Å². The molecule has 0 saturated carbocycles. The van der Waals surface area contributed by atoms with Gasteiger partial charge < -0.3 is 9.29 Å². The molecule has 15 heavy (non-hydrogen) atoms. The molecule has 3 nitrogen and oxygen atoms in total. The Morgan fingerprint density at radius 3 is 2.40 bits per heavy atom. The highest BCUT2D eigenvalue weighted by molar-refractivity contribution is 7.79. The van der Waals surface area contributed by atoms with E-state index >= 15 is 0 Å². The Labute approximate surface area is 91.7 Å². The fraction of sp³-hybridized carbons (Fsp3) is 0.455. The Morgan fingerprint density at radius 1 is 1.27 bits per heavy atom. The lowest BCUT2D eigenvalue weighted by atomic mass is 9.92. The van der Waals surface area contributed by atoms with Crippen molar-refractivity contribution in [1.29, 1.82) is 0 Å². The second-order valence-corrected chi connectivity index (χ2v) is 4.62. The standard InChI is InChI=1S/C11H14O3S/c1-14-10-6-8-4-2-3-5-9(8)7-11(10)15(12)13/h6-7H,2-5H2,1H3,(H,12,13)/p-1. The monoisotopic (exact) mass is 225 g/mol. The third-order valence-electron chi connectivity index (χ3n) is 2.81. The molecule has 1 atom stereocenters. The lowest BCUT2D eigenvalue weighted by molar-refractivity contribution is 0.400. The van der Waals surface area contributed by atoms with E-state index in [0.29, 0.717) is 5.75 Å². The lowest BCUT2D eigenvalue weighted by Crippen LogP contribution is -2.05. The maximum Gasteiger partial charge on any atom is 0.134 e. The molecular formula is C11H13O3S-. The van der Waals surface area contributed by atoms with Gasteiger partial charge in [-0.25, -0.2) is 0 Å². The molecule has 0 spiro atoms. The molecule has 1 unspecified atom stereocenters. The van der Waals surface area contributed by atoms with Gasteiger partial charge in [0.25, 0.3) is 0 Å². The van der Waals surface area contributed by atoms with Crippen LogP contribution < -0.4 is 4.74 Å². The predicted octanol–water partition coefficient (Wildman–Crippen LogP) is 1.81. The number of hydrogen-bond donors (Lipinski definition) is 0. The van der Waals surface area contributed by atoms with Crippen molar-refractivity contribution in [3.63, 3.8) is 0 Å². The summed E-state index contributed by atoms with van der Waals surface area (Å²) in [6.45, 7) is 0. The zero-order chi connectivity index (χ0) is 10.8. The van der Waals surface area contributed by atoms with Crippen LogP contribution in [0.1, 0.15) is 24.0 Å². The van der Waals surface area contributed by atoms with E-state index in [1.54, 1.807) is 6.07 Å². The van der Waals surface area contributed by atoms with Gasteiger partial charge in [0, 0.05) is 0 Å². The summed E-state index contributed by atoms with van der Waals surface area (Å²) < 4.78 is 27.1. The highest BCUT2D eigenvalue weighted by Gasteiger charge is 2.14. The minimum Gasteiger partial charge on any atom is -0.768 e. The van der Waals surface area contributed by atoms with Crippen LogP contribution in [0.3, 0.4) is 0 Å². The van der Waals surface area contributed by atoms with E-state index in [0.717, 1.165) is 24.8 Å². The molecule has 0 heterocycles. The van der Waals surface area contributed by atoms with Crippen molar-refractivity contribution in [2.45, 2.75) is 30.6 Å². The number of aryl methyl sites for hydroxylation is 2. The third-order valence-corrected chi connectivity index (χ3v) is 3.49. The summed E-state index contributed by atoms with van der Waals surface area (Å²) in [5.74, 6) is 0.462. The molecule has 0 fully saturated rings. The summed E-state index contributed by atoms with van der Waals surface area (Å²) in [6, 6.07) is 3.61. The molecule has 0 bridgehead atoms. The van der Waals surface area contributed by atoms with Crippen molar-refractivity contribution < 1.29 is 13.5 Å². The van der Waals surface area contributed by atoms with E-state index < -0.39 is 11.1 Å². The largest absolute Gasteiger partial charge is 0.768 e. The van der Waals surface area contributed by atoms with Crippen molar-refractivity contribution in [2.75, 3.05) is 7.11 Å². The van der Waals surface area contributed by atoms with Crippen LogP contribution in [0.5, 0.6) is 5.75 Å². The average Bonchev–Trinajstić information content (AvgIpc) is 2.27. The van der Waals surface area contributed by atoms with Gasteiger partial charge in [0.2, 0.25) is 0 Å². The quantitative estimate of drug-likeness (QED) is 0.721. The van der Waals surface area contributed by atoms with Gasteiger partial charge >= 0.3 is 0 Å². The second kappa shape index (κ2) is 4.33. The molecule has 1 aromatic rings. The van der Waals surface area contributed by atoms with E-state index in [-0.39, 0.29) is 4.90 Å². The molecule has 1 aliphatic rings. The minimum absolute atomic E-state index is 0.276. The SMILES string of the molecule is COc1cc2c(cc1S(=O)[O-])CCCC2. The van der Waals surface area contributed by atoms with Crippen LogP contribution in [0.15, 0.2) is 17.0 Å². The Bertz CT molecular complexity index is 401. The summed E-state index contributed by atoms with van der Waals surface area (Å²) in [4.78, 5) is 0.276. The van der Waals surface area contributed by atoms with Gasteiger partial charge in [-0.05, 0) is 60.0 Å². The van der Waals surface area contributed by atoms with Gasteiger partial charge in [-0.3, -0.25) is 4.21 Å². The summed E-state index contributed by atoms with van der Waals surface area (Å²) in [7, 11) is 1.50. The molecule has 1 aromatic carbocycles. The molecule has 0 amide bonds. The van der Waals surface area contributed by atoms with Crippen molar-refractivity contribution in [3.05, 3.63) is 23.3 Å². The topological polar surface area (TPSA) is 49.4 Å². The lowest BCUT2D eigenvalue weighted by Gasteiger charge is -2.19. The van der Waals surface area contributed by atoms with E-state index in [1.165, 1.54) is 19.1 Å². The smallest absolute Gasteiger partial charge is 0.134 e. The van der Waals surface area contributed by atoms with Crippen LogP contribution in [0.4, 0.5) is 0 Å². The Kier molecular flexibility index (Phi) is 3.07. The van der Waals surface area contributed by atoms with Crippen LogP contribution in [-0.2, 0) is 23.9 Å². The highest BCUT2D eigenvalue weighted by atomic mass is 32.2. The van der Waals surface area contributed by atoms with Crippen LogP contribution in [0.2, 0.25) is 0 Å². The van der Waals surface area contributed by atoms with Crippen molar-refractivity contribution >= 4 is 11.1 Å². The average molecular weight is 225 g/mol. The first-order valence-corrected chi connectivity index (χ1v) is 6.09. The number of fused-ring (bicyclic) bond motifs is 1. The zero-order valence-corrected chi connectivity index (χ0v) is 9.43. The molecule has 0 aromatic heterocycles. The predicted molar refractivity (Wildman–Crippen MR) is 56.8 cm³/mol. The van der Waals surface area contributed by atoms with Gasteiger partial charge in [-0.1, -0.05) is 0 Å². The molecule has 0 aliphatic heterocycles. The Balaban J connectivity index is 2.51. The Morgan fingerprint density at radius 2 is 1.87 bits per heavy atom. The maximum atomic E-state index is 11.0. The minimum atomic E-state index is -2.21. The van der Waals surface area contributed by atoms with E-state index in [1.807, 2.05) is 6.07 Å². The van der Waals surface area contributed by atoms with E-state index in [2.05, 4.69) is 0 Å². The first kappa shape index (κ1) is 10.6. The van der Waals surface area contributed by atoms with Gasteiger partial charge in [0.1, 0.15) is 5.75 Å². The molecule has 2 rings (SSSR count). The van der Waals surface area contributed by atoms with Gasteiger partial charge in [0.15, 0.2) is 0 Å². The number of rotatable bonds is 2. The zero-order valence-electron chi connectivity index (χ0n) is 8.62. The molecule has 0 radical (unpaired) electrons. The van der Waals surface area contributed by atoms with E-state index in [4.69, 9.17) is 4.74 Å². The van der Waals surface area contributed by atoms with Gasteiger partial charge in [0.05, 0.1) is 12.0 Å². The van der Waals surface area contributed by atoms with Crippen LogP contribution in [-0.4, -0.2) is 15.9 Å². The van der Waals surface area contributed by atoms with Gasteiger partial charge in [-0.15, -0.1) is 0 Å². The molecule has 82 valence electrons. The first-order valence-electron chi connectivity index (χ1n) is 5.01. The fourth-order valence-corrected chi connectivity index (χ4v) is 2.58. The first-order chi connectivity index (χ1) is 7.22. The van der Waals surface area contributed by atoms with Crippen LogP contribution >= 0.6 is 0 Å². The molecule has 0 N–H and O–H groups in total. The molecule has 1 aliphatic carbocycles. The highest BCUT2D eigenvalue weighted by Crippen LogP contribution is 2.30. The van der Waals surface area contributed by atoms with Crippen molar-refractivity contribution in [3.8, 4) is 5.75 Å². The van der Waals surface area contributed by atoms with Gasteiger partial charge in [-0.2, -0.15) is 0 Å². The fourth-order valence-electron chi connectivity index (χ4n) is 2.03. The van der Waals surface area contributed by atoms with Crippen LogP contribution in [0, 0.1) is 0 Å². The third kappa shape index (κ3) is 2.06. The molecular weight excluding hydrogens is 212 g/mol. The number of ether oxygens (including phenoxy) is 1. The molecule has 0 saturated heterocycles. The van der Waals surface area contributed by atoms with E-state index in [9.17, 15) is 8.76 Å². The second-order valence-electron chi connectivity index (χ2n) is 3.71. The van der Waals surface area contributed by atoms with Crippen LogP contribution in [0.25, 0.3) is 0 Å². The summed E-state index contributed by atoms with van der Waals surface area (Å²) >= 11 is -2.21. The summed E-state index contributed by atoms with van der Waals surface area (Å²) in [5, 5.41) is 0. The summed E-state index contributed by atoms with van der Waals surface area (Å²) in [6.07, 6.45) is 4.32. The number of methoxy groups -OCH3 is 1. The normalized spacial score (nSPS) is 16.9. The number of benzene rings is 1.